The van der Waals surface area contributed by atoms with E-state index in [1.54, 1.807) is 6.92 Å². The second-order valence-corrected chi connectivity index (χ2v) is 2.82. The third-order valence-electron chi connectivity index (χ3n) is 1.92. The van der Waals surface area contributed by atoms with Crippen molar-refractivity contribution in [2.75, 3.05) is 0 Å². The Morgan fingerprint density at radius 2 is 2.21 bits per heavy atom. The summed E-state index contributed by atoms with van der Waals surface area (Å²) in [6, 6.07) is 2.39. The molecule has 0 spiro atoms. The zero-order valence-electron chi connectivity index (χ0n) is 7.58. The maximum atomic E-state index is 13.3. The van der Waals surface area contributed by atoms with Crippen molar-refractivity contribution in [1.82, 2.24) is 0 Å². The number of carboxylic acid groups (broad SMARTS) is 1. The van der Waals surface area contributed by atoms with Crippen LogP contribution in [0.4, 0.5) is 4.39 Å². The van der Waals surface area contributed by atoms with Gasteiger partial charge < -0.3 is 5.11 Å². The van der Waals surface area contributed by atoms with Crippen LogP contribution in [-0.4, -0.2) is 17.4 Å². The first-order valence-electron chi connectivity index (χ1n) is 4.11. The average Bonchev–Trinajstić information content (AvgIpc) is 2.17. The number of aldehydes is 1. The van der Waals surface area contributed by atoms with Gasteiger partial charge in [0.2, 0.25) is 0 Å². The normalized spacial score (nSPS) is 9.86. The lowest BCUT2D eigenvalue weighted by Crippen LogP contribution is -2.05. The van der Waals surface area contributed by atoms with Crippen LogP contribution in [0.15, 0.2) is 12.1 Å². The van der Waals surface area contributed by atoms with E-state index in [9.17, 15) is 14.0 Å². The minimum absolute atomic E-state index is 0.181. The average molecular weight is 196 g/mol. The summed E-state index contributed by atoms with van der Waals surface area (Å²) >= 11 is 0. The lowest BCUT2D eigenvalue weighted by molar-refractivity contribution is 0.0691. The summed E-state index contributed by atoms with van der Waals surface area (Å²) in [5.41, 5.74) is -0.0286. The molecule has 0 aliphatic carbocycles. The van der Waals surface area contributed by atoms with Gasteiger partial charge in [-0.2, -0.15) is 0 Å². The quantitative estimate of drug-likeness (QED) is 0.751. The first-order valence-corrected chi connectivity index (χ1v) is 4.11. The summed E-state index contributed by atoms with van der Waals surface area (Å²) in [4.78, 5) is 21.0. The molecule has 0 aliphatic rings. The summed E-state index contributed by atoms with van der Waals surface area (Å²) in [6.07, 6.45) is 0.860. The summed E-state index contributed by atoms with van der Waals surface area (Å²) in [5, 5.41) is 8.65. The summed E-state index contributed by atoms with van der Waals surface area (Å²) in [5.74, 6) is -2.12. The number of carbonyl (C=O) groups is 2. The fourth-order valence-electron chi connectivity index (χ4n) is 1.19. The highest BCUT2D eigenvalue weighted by Crippen LogP contribution is 2.16. The molecule has 0 aromatic heterocycles. The predicted molar refractivity (Wildman–Crippen MR) is 48.1 cm³/mol. The maximum Gasteiger partial charge on any atom is 0.338 e. The summed E-state index contributed by atoms with van der Waals surface area (Å²) < 4.78 is 13.3. The molecule has 0 unspecified atom stereocenters. The van der Waals surface area contributed by atoms with E-state index in [2.05, 4.69) is 0 Å². The topological polar surface area (TPSA) is 54.4 Å². The van der Waals surface area contributed by atoms with Crippen LogP contribution in [-0.2, 0) is 6.42 Å². The number of rotatable bonds is 3. The first-order chi connectivity index (χ1) is 6.60. The van der Waals surface area contributed by atoms with Crippen molar-refractivity contribution in [2.45, 2.75) is 13.3 Å². The third kappa shape index (κ3) is 1.79. The molecular weight excluding hydrogens is 187 g/mol. The van der Waals surface area contributed by atoms with Crippen LogP contribution < -0.4 is 0 Å². The van der Waals surface area contributed by atoms with Crippen molar-refractivity contribution in [2.24, 2.45) is 0 Å². The molecule has 1 aromatic rings. The van der Waals surface area contributed by atoms with Gasteiger partial charge in [0.25, 0.3) is 0 Å². The van der Waals surface area contributed by atoms with E-state index in [-0.39, 0.29) is 11.1 Å². The number of hydrogen-bond donors (Lipinski definition) is 1. The van der Waals surface area contributed by atoms with Gasteiger partial charge in [-0.15, -0.1) is 0 Å². The van der Waals surface area contributed by atoms with Gasteiger partial charge in [-0.3, -0.25) is 4.79 Å². The molecule has 3 nitrogen and oxygen atoms in total. The lowest BCUT2D eigenvalue weighted by Gasteiger charge is -2.04. The van der Waals surface area contributed by atoms with Gasteiger partial charge in [0.05, 0.1) is 5.56 Å². The molecule has 0 radical (unpaired) electrons. The molecule has 0 saturated heterocycles. The number of hydrogen-bond acceptors (Lipinski definition) is 2. The number of benzene rings is 1. The fraction of sp³-hybridized carbons (Fsp3) is 0.200. The molecule has 4 heteroatoms. The van der Waals surface area contributed by atoms with Crippen LogP contribution in [0.25, 0.3) is 0 Å². The number of aromatic carboxylic acids is 1. The molecule has 74 valence electrons. The minimum atomic E-state index is -1.36. The number of carbonyl (C=O) groups excluding carboxylic acids is 1. The number of halogens is 1. The third-order valence-corrected chi connectivity index (χ3v) is 1.92. The highest BCUT2D eigenvalue weighted by Gasteiger charge is 2.14. The van der Waals surface area contributed by atoms with E-state index in [1.807, 2.05) is 0 Å². The zero-order valence-corrected chi connectivity index (χ0v) is 7.58. The first kappa shape index (κ1) is 10.4. The van der Waals surface area contributed by atoms with Gasteiger partial charge in [-0.05, 0) is 24.1 Å². The molecule has 0 saturated carbocycles. The zero-order chi connectivity index (χ0) is 10.7. The van der Waals surface area contributed by atoms with Gasteiger partial charge in [0.15, 0.2) is 0 Å². The Morgan fingerprint density at radius 1 is 1.57 bits per heavy atom. The minimum Gasteiger partial charge on any atom is -0.478 e. The van der Waals surface area contributed by atoms with Crippen molar-refractivity contribution in [1.29, 1.82) is 0 Å². The second kappa shape index (κ2) is 4.00. The van der Waals surface area contributed by atoms with Crippen molar-refractivity contribution < 1.29 is 19.1 Å². The van der Waals surface area contributed by atoms with Gasteiger partial charge in [-0.1, -0.05) is 6.92 Å². The van der Waals surface area contributed by atoms with E-state index in [1.165, 1.54) is 6.07 Å². The van der Waals surface area contributed by atoms with E-state index >= 15 is 0 Å². The van der Waals surface area contributed by atoms with Crippen LogP contribution in [0.1, 0.15) is 33.2 Å². The largest absolute Gasteiger partial charge is 0.478 e. The van der Waals surface area contributed by atoms with Crippen LogP contribution in [0.5, 0.6) is 0 Å². The highest BCUT2D eigenvalue weighted by molar-refractivity contribution is 5.90. The highest BCUT2D eigenvalue weighted by atomic mass is 19.1. The Balaban J connectivity index is 3.41. The Bertz CT molecular complexity index is 385. The Labute approximate surface area is 80.2 Å². The van der Waals surface area contributed by atoms with E-state index in [0.29, 0.717) is 12.7 Å². The molecule has 0 heterocycles. The monoisotopic (exact) mass is 196 g/mol. The molecule has 0 fully saturated rings. The molecule has 0 atom stereocenters. The van der Waals surface area contributed by atoms with E-state index < -0.39 is 17.3 Å². The standard InChI is InChI=1S/C10H9FO3/c1-2-7-3-6(5-12)4-8(9(7)11)10(13)14/h3-5H,2H2,1H3,(H,13,14). The van der Waals surface area contributed by atoms with Gasteiger partial charge in [-0.25, -0.2) is 9.18 Å². The fourth-order valence-corrected chi connectivity index (χ4v) is 1.19. The van der Waals surface area contributed by atoms with E-state index in [0.717, 1.165) is 6.07 Å². The number of carboxylic acids is 1. The second-order valence-electron chi connectivity index (χ2n) is 2.82. The molecule has 1 N–H and O–H groups in total. The van der Waals surface area contributed by atoms with Crippen molar-refractivity contribution >= 4 is 12.3 Å². The molecule has 1 aromatic carbocycles. The Hall–Kier alpha value is -1.71. The van der Waals surface area contributed by atoms with Crippen molar-refractivity contribution in [3.05, 3.63) is 34.6 Å². The van der Waals surface area contributed by atoms with Gasteiger partial charge in [0, 0.05) is 5.56 Å². The van der Waals surface area contributed by atoms with E-state index in [4.69, 9.17) is 5.11 Å². The lowest BCUT2D eigenvalue weighted by atomic mass is 10.0. The Kier molecular flexibility index (Phi) is 2.96. The van der Waals surface area contributed by atoms with Gasteiger partial charge >= 0.3 is 5.97 Å². The number of aryl methyl sites for hydroxylation is 1. The van der Waals surface area contributed by atoms with Crippen LogP contribution in [0, 0.1) is 5.82 Å². The van der Waals surface area contributed by atoms with Crippen LogP contribution in [0.2, 0.25) is 0 Å². The Morgan fingerprint density at radius 3 is 2.64 bits per heavy atom. The molecule has 0 bridgehead atoms. The molecule has 1 rings (SSSR count). The van der Waals surface area contributed by atoms with Gasteiger partial charge in [0.1, 0.15) is 12.1 Å². The summed E-state index contributed by atoms with van der Waals surface area (Å²) in [7, 11) is 0. The predicted octanol–water partition coefficient (Wildman–Crippen LogP) is 1.90. The molecular formula is C10H9FO3. The van der Waals surface area contributed by atoms with Crippen LogP contribution in [0.3, 0.4) is 0 Å². The SMILES string of the molecule is CCc1cc(C=O)cc(C(=O)O)c1F. The summed E-state index contributed by atoms with van der Waals surface area (Å²) in [6.45, 7) is 1.69. The van der Waals surface area contributed by atoms with Crippen molar-refractivity contribution in [3.63, 3.8) is 0 Å². The van der Waals surface area contributed by atoms with Crippen LogP contribution >= 0.6 is 0 Å². The molecule has 14 heavy (non-hydrogen) atoms. The maximum absolute atomic E-state index is 13.3. The smallest absolute Gasteiger partial charge is 0.338 e. The molecule has 0 amide bonds. The molecule has 0 aliphatic heterocycles. The van der Waals surface area contributed by atoms with Crippen molar-refractivity contribution in [3.8, 4) is 0 Å².